The van der Waals surface area contributed by atoms with Crippen molar-refractivity contribution >= 4 is 21.4 Å². The molecule has 2 heterocycles. The number of nitrogens with zero attached hydrogens (tertiary/aromatic N) is 1. The molecule has 1 aromatic heterocycles. The molecule has 0 aromatic carbocycles. The molecular formula is C13H22N2O3S2. The molecule has 0 spiro atoms. The van der Waals surface area contributed by atoms with Crippen molar-refractivity contribution in [3.05, 3.63) is 15.8 Å². The Balaban J connectivity index is 2.42. The van der Waals surface area contributed by atoms with Gasteiger partial charge in [-0.05, 0) is 38.6 Å². The molecule has 114 valence electrons. The van der Waals surface area contributed by atoms with Crippen LogP contribution in [-0.2, 0) is 21.3 Å². The minimum atomic E-state index is -3.51. The minimum Gasteiger partial charge on any atom is -0.370 e. The first kappa shape index (κ1) is 15.9. The summed E-state index contributed by atoms with van der Waals surface area (Å²) < 4.78 is 33.1. The maximum Gasteiger partial charge on any atom is 0.244 e. The molecule has 2 N–H and O–H groups in total. The van der Waals surface area contributed by atoms with Crippen LogP contribution in [0.1, 0.15) is 31.2 Å². The molecule has 0 saturated carbocycles. The van der Waals surface area contributed by atoms with Crippen LogP contribution in [0.3, 0.4) is 0 Å². The van der Waals surface area contributed by atoms with Gasteiger partial charge in [0.05, 0.1) is 11.7 Å². The number of ether oxygens (including phenoxy) is 1. The number of morpholine rings is 1. The summed E-state index contributed by atoms with van der Waals surface area (Å²) in [5, 5.41) is 1.85. The Labute approximate surface area is 124 Å². The number of thiophene rings is 1. The zero-order valence-electron chi connectivity index (χ0n) is 12.3. The molecular weight excluding hydrogens is 296 g/mol. The molecule has 1 atom stereocenters. The van der Waals surface area contributed by atoms with Gasteiger partial charge in [0.1, 0.15) is 4.90 Å². The molecule has 0 radical (unpaired) electrons. The lowest BCUT2D eigenvalue weighted by molar-refractivity contribution is -0.109. The van der Waals surface area contributed by atoms with Crippen LogP contribution in [-0.4, -0.2) is 37.5 Å². The van der Waals surface area contributed by atoms with E-state index in [9.17, 15) is 8.42 Å². The summed E-state index contributed by atoms with van der Waals surface area (Å²) in [5.41, 5.74) is 5.97. The Morgan fingerprint density at radius 1 is 1.55 bits per heavy atom. The monoisotopic (exact) mass is 318 g/mol. The van der Waals surface area contributed by atoms with E-state index in [1.54, 1.807) is 0 Å². The summed E-state index contributed by atoms with van der Waals surface area (Å²) >= 11 is 1.41. The first-order valence-corrected chi connectivity index (χ1v) is 8.94. The number of sulfonamides is 1. The van der Waals surface area contributed by atoms with E-state index in [0.717, 1.165) is 10.4 Å². The number of nitrogens with two attached hydrogens (primary N) is 1. The van der Waals surface area contributed by atoms with Crippen LogP contribution in [0.2, 0.25) is 0 Å². The van der Waals surface area contributed by atoms with Crippen molar-refractivity contribution in [1.29, 1.82) is 0 Å². The molecule has 1 aliphatic rings. The van der Waals surface area contributed by atoms with E-state index in [2.05, 4.69) is 0 Å². The average Bonchev–Trinajstić information content (AvgIpc) is 2.68. The summed E-state index contributed by atoms with van der Waals surface area (Å²) in [6.07, 6.45) is -0.117. The van der Waals surface area contributed by atoms with Crippen molar-refractivity contribution in [1.82, 2.24) is 4.31 Å². The van der Waals surface area contributed by atoms with Gasteiger partial charge in [0, 0.05) is 24.5 Å². The van der Waals surface area contributed by atoms with Crippen LogP contribution in [0.25, 0.3) is 0 Å². The largest absolute Gasteiger partial charge is 0.370 e. The summed E-state index contributed by atoms with van der Waals surface area (Å²) in [6.45, 7) is 8.52. The van der Waals surface area contributed by atoms with E-state index in [1.165, 1.54) is 15.6 Å². The molecule has 0 bridgehead atoms. The van der Waals surface area contributed by atoms with E-state index in [-0.39, 0.29) is 12.6 Å². The summed E-state index contributed by atoms with van der Waals surface area (Å²) in [5.74, 6) is 0. The summed E-state index contributed by atoms with van der Waals surface area (Å²) in [6, 6.07) is 0. The maximum atomic E-state index is 12.9. The molecule has 1 saturated heterocycles. The second-order valence-corrected chi connectivity index (χ2v) is 8.70. The standard InChI is InChI=1S/C13H22N2O3S2/c1-9-7-19-11(5-14)12(9)20(16,17)15-6-10(2)18-13(3,4)8-15/h7,10H,5-6,8,14H2,1-4H3. The SMILES string of the molecule is Cc1csc(CN)c1S(=O)(=O)N1CC(C)OC(C)(C)C1. The molecule has 0 aliphatic carbocycles. The average molecular weight is 318 g/mol. The molecule has 5 nitrogen and oxygen atoms in total. The number of rotatable bonds is 3. The van der Waals surface area contributed by atoms with Gasteiger partial charge in [-0.25, -0.2) is 8.42 Å². The van der Waals surface area contributed by atoms with Gasteiger partial charge in [-0.2, -0.15) is 4.31 Å². The van der Waals surface area contributed by atoms with Gasteiger partial charge in [0.2, 0.25) is 10.0 Å². The van der Waals surface area contributed by atoms with Crippen molar-refractivity contribution < 1.29 is 13.2 Å². The fourth-order valence-corrected chi connectivity index (χ4v) is 6.00. The quantitative estimate of drug-likeness (QED) is 0.921. The highest BCUT2D eigenvalue weighted by Gasteiger charge is 2.39. The second kappa shape index (κ2) is 5.38. The van der Waals surface area contributed by atoms with Crippen LogP contribution >= 0.6 is 11.3 Å². The first-order chi connectivity index (χ1) is 9.17. The fourth-order valence-electron chi connectivity index (χ4n) is 2.68. The van der Waals surface area contributed by atoms with Crippen LogP contribution in [0.4, 0.5) is 0 Å². The zero-order valence-corrected chi connectivity index (χ0v) is 14.0. The van der Waals surface area contributed by atoms with Crippen LogP contribution < -0.4 is 5.73 Å². The van der Waals surface area contributed by atoms with Crippen LogP contribution in [0.5, 0.6) is 0 Å². The minimum absolute atomic E-state index is 0.117. The van der Waals surface area contributed by atoms with Gasteiger partial charge in [-0.1, -0.05) is 0 Å². The van der Waals surface area contributed by atoms with Crippen molar-refractivity contribution in [2.75, 3.05) is 13.1 Å². The van der Waals surface area contributed by atoms with Crippen molar-refractivity contribution in [2.24, 2.45) is 5.73 Å². The van der Waals surface area contributed by atoms with Crippen LogP contribution in [0, 0.1) is 6.92 Å². The summed E-state index contributed by atoms with van der Waals surface area (Å²) in [4.78, 5) is 1.11. The van der Waals surface area contributed by atoms with Gasteiger partial charge < -0.3 is 10.5 Å². The second-order valence-electron chi connectivity index (χ2n) is 5.86. The third-order valence-electron chi connectivity index (χ3n) is 3.31. The highest BCUT2D eigenvalue weighted by Crippen LogP contribution is 2.32. The Morgan fingerprint density at radius 2 is 2.20 bits per heavy atom. The molecule has 0 amide bonds. The normalized spacial score (nSPS) is 23.9. The van der Waals surface area contributed by atoms with Gasteiger partial charge in [0.25, 0.3) is 0 Å². The van der Waals surface area contributed by atoms with E-state index in [0.29, 0.717) is 18.0 Å². The highest BCUT2D eigenvalue weighted by atomic mass is 32.2. The van der Waals surface area contributed by atoms with Gasteiger partial charge in [0.15, 0.2) is 0 Å². The first-order valence-electron chi connectivity index (χ1n) is 6.62. The molecule has 1 aliphatic heterocycles. The van der Waals surface area contributed by atoms with E-state index >= 15 is 0 Å². The van der Waals surface area contributed by atoms with E-state index in [4.69, 9.17) is 10.5 Å². The van der Waals surface area contributed by atoms with Gasteiger partial charge in [-0.3, -0.25) is 0 Å². The molecule has 1 fully saturated rings. The third-order valence-corrected chi connectivity index (χ3v) is 6.61. The topological polar surface area (TPSA) is 72.6 Å². The third kappa shape index (κ3) is 2.92. The number of hydrogen-bond acceptors (Lipinski definition) is 5. The van der Waals surface area contributed by atoms with Crippen molar-refractivity contribution in [3.8, 4) is 0 Å². The molecule has 7 heteroatoms. The highest BCUT2D eigenvalue weighted by molar-refractivity contribution is 7.89. The van der Waals surface area contributed by atoms with E-state index < -0.39 is 15.6 Å². The Bertz CT molecular complexity index is 593. The Morgan fingerprint density at radius 3 is 2.75 bits per heavy atom. The van der Waals surface area contributed by atoms with Crippen LogP contribution in [0.15, 0.2) is 10.3 Å². The van der Waals surface area contributed by atoms with Gasteiger partial charge in [-0.15, -0.1) is 11.3 Å². The van der Waals surface area contributed by atoms with E-state index in [1.807, 2.05) is 33.1 Å². The number of aryl methyl sites for hydroxylation is 1. The smallest absolute Gasteiger partial charge is 0.244 e. The number of hydrogen-bond donors (Lipinski definition) is 1. The fraction of sp³-hybridized carbons (Fsp3) is 0.692. The molecule has 20 heavy (non-hydrogen) atoms. The molecule has 1 unspecified atom stereocenters. The predicted octanol–water partition coefficient (Wildman–Crippen LogP) is 1.70. The Kier molecular flexibility index (Phi) is 4.28. The molecule has 1 aromatic rings. The van der Waals surface area contributed by atoms with Crippen molar-refractivity contribution in [3.63, 3.8) is 0 Å². The van der Waals surface area contributed by atoms with Crippen molar-refractivity contribution in [2.45, 2.75) is 50.8 Å². The lowest BCUT2D eigenvalue weighted by Crippen LogP contribution is -2.53. The lowest BCUT2D eigenvalue weighted by Gasteiger charge is -2.41. The zero-order chi connectivity index (χ0) is 15.1. The molecule has 2 rings (SSSR count). The lowest BCUT2D eigenvalue weighted by atomic mass is 10.1. The summed E-state index contributed by atoms with van der Waals surface area (Å²) in [7, 11) is -3.51. The van der Waals surface area contributed by atoms with Gasteiger partial charge >= 0.3 is 0 Å². The predicted molar refractivity (Wildman–Crippen MR) is 80.3 cm³/mol. The maximum absolute atomic E-state index is 12.9. The Hall–Kier alpha value is -0.470.